The third-order valence-corrected chi connectivity index (χ3v) is 9.30. The van der Waals surface area contributed by atoms with Crippen molar-refractivity contribution in [2.24, 2.45) is 0 Å². The van der Waals surface area contributed by atoms with E-state index in [0.717, 1.165) is 61.4 Å². The standard InChI is InChI=1S/C48H37N3/c1-3-4-7-22-45-34(2)32-44-47(50-46-23-13-12-21-43(46)48(44)49-45)39-19-14-20-42(33-39)51(40-28-24-37(25-29-40)35-15-8-5-9-16-35)41-30-26-38(27-31-41)36-17-10-6-11-18-36/h3-33H,1-2H3/b4-3-,22-7-. The van der Waals surface area contributed by atoms with Gasteiger partial charge in [0.2, 0.25) is 0 Å². The molecule has 0 aliphatic rings. The van der Waals surface area contributed by atoms with Gasteiger partial charge in [0.1, 0.15) is 0 Å². The van der Waals surface area contributed by atoms with E-state index in [1.54, 1.807) is 0 Å². The van der Waals surface area contributed by atoms with Gasteiger partial charge in [-0.25, -0.2) is 9.97 Å². The Morgan fingerprint density at radius 3 is 1.67 bits per heavy atom. The zero-order valence-corrected chi connectivity index (χ0v) is 28.7. The van der Waals surface area contributed by atoms with Crippen LogP contribution in [-0.4, -0.2) is 9.97 Å². The van der Waals surface area contributed by atoms with E-state index >= 15 is 0 Å². The maximum Gasteiger partial charge on any atom is 0.0825 e. The molecule has 0 aliphatic carbocycles. The summed E-state index contributed by atoms with van der Waals surface area (Å²) in [6, 6.07) is 57.9. The average Bonchev–Trinajstić information content (AvgIpc) is 3.19. The van der Waals surface area contributed by atoms with Gasteiger partial charge in [-0.1, -0.05) is 133 Å². The van der Waals surface area contributed by atoms with E-state index in [0.29, 0.717) is 0 Å². The molecular weight excluding hydrogens is 619 g/mol. The van der Waals surface area contributed by atoms with Crippen molar-refractivity contribution < 1.29 is 0 Å². The number of para-hydroxylation sites is 1. The molecule has 3 nitrogen and oxygen atoms in total. The van der Waals surface area contributed by atoms with Gasteiger partial charge in [0, 0.05) is 33.4 Å². The van der Waals surface area contributed by atoms with Crippen molar-refractivity contribution in [3.05, 3.63) is 193 Å². The number of anilines is 3. The van der Waals surface area contributed by atoms with Gasteiger partial charge in [-0.15, -0.1) is 0 Å². The van der Waals surface area contributed by atoms with E-state index in [1.165, 1.54) is 22.3 Å². The predicted molar refractivity (Wildman–Crippen MR) is 217 cm³/mol. The molecule has 0 atom stereocenters. The number of fused-ring (bicyclic) bond motifs is 3. The van der Waals surface area contributed by atoms with Crippen LogP contribution in [0.4, 0.5) is 17.1 Å². The summed E-state index contributed by atoms with van der Waals surface area (Å²) in [5.74, 6) is 0. The number of nitrogens with zero attached hydrogens (tertiary/aromatic N) is 3. The highest BCUT2D eigenvalue weighted by atomic mass is 15.1. The van der Waals surface area contributed by atoms with Gasteiger partial charge in [0.05, 0.1) is 22.4 Å². The fraction of sp³-hybridized carbons (Fsp3) is 0.0417. The number of benzene rings is 6. The molecule has 6 aromatic carbocycles. The van der Waals surface area contributed by atoms with Crippen molar-refractivity contribution in [3.8, 4) is 33.5 Å². The lowest BCUT2D eigenvalue weighted by atomic mass is 10.00. The molecule has 0 N–H and O–H groups in total. The molecule has 0 unspecified atom stereocenters. The molecule has 51 heavy (non-hydrogen) atoms. The van der Waals surface area contributed by atoms with Gasteiger partial charge < -0.3 is 4.90 Å². The monoisotopic (exact) mass is 655 g/mol. The molecule has 0 aliphatic heterocycles. The highest BCUT2D eigenvalue weighted by Gasteiger charge is 2.17. The molecule has 2 heterocycles. The van der Waals surface area contributed by atoms with Gasteiger partial charge in [0.25, 0.3) is 0 Å². The number of allylic oxidation sites excluding steroid dienone is 3. The number of aryl methyl sites for hydroxylation is 1. The number of aromatic nitrogens is 2. The second kappa shape index (κ2) is 14.1. The molecule has 0 bridgehead atoms. The molecule has 0 amide bonds. The SMILES string of the molecule is C/C=C\C=C/c1nc2c(cc1C)c(-c1cccc(N(c3ccc(-c4ccccc4)cc3)c3ccc(-c4ccccc4)cc3)c1)nc1ccccc12. The van der Waals surface area contributed by atoms with E-state index in [1.807, 2.05) is 31.2 Å². The van der Waals surface area contributed by atoms with Gasteiger partial charge in [-0.05, 0) is 96.3 Å². The molecule has 2 aromatic heterocycles. The Balaban J connectivity index is 1.27. The molecule has 0 saturated heterocycles. The second-order valence-corrected chi connectivity index (χ2v) is 12.7. The largest absolute Gasteiger partial charge is 0.310 e. The second-order valence-electron chi connectivity index (χ2n) is 12.7. The summed E-state index contributed by atoms with van der Waals surface area (Å²) in [5.41, 5.74) is 13.9. The van der Waals surface area contributed by atoms with Crippen molar-refractivity contribution in [2.45, 2.75) is 13.8 Å². The zero-order valence-electron chi connectivity index (χ0n) is 28.7. The van der Waals surface area contributed by atoms with Crippen molar-refractivity contribution in [1.29, 1.82) is 0 Å². The molecule has 0 spiro atoms. The molecule has 244 valence electrons. The quantitative estimate of drug-likeness (QED) is 0.120. The smallest absolute Gasteiger partial charge is 0.0825 e. The Hall–Kier alpha value is -6.58. The number of hydrogen-bond donors (Lipinski definition) is 0. The minimum Gasteiger partial charge on any atom is -0.310 e. The summed E-state index contributed by atoms with van der Waals surface area (Å²) in [6.07, 6.45) is 8.18. The average molecular weight is 656 g/mol. The van der Waals surface area contributed by atoms with Gasteiger partial charge in [0.15, 0.2) is 0 Å². The van der Waals surface area contributed by atoms with E-state index < -0.39 is 0 Å². The van der Waals surface area contributed by atoms with Crippen LogP contribution in [-0.2, 0) is 0 Å². The molecule has 8 aromatic rings. The Labute approximate surface area is 299 Å². The first-order valence-corrected chi connectivity index (χ1v) is 17.4. The van der Waals surface area contributed by atoms with Crippen LogP contribution < -0.4 is 4.90 Å². The third-order valence-electron chi connectivity index (χ3n) is 9.30. The molecule has 0 saturated carbocycles. The number of pyridine rings is 2. The molecular formula is C48H37N3. The maximum absolute atomic E-state index is 5.27. The lowest BCUT2D eigenvalue weighted by Gasteiger charge is -2.26. The van der Waals surface area contributed by atoms with Crippen LogP contribution in [0.15, 0.2) is 182 Å². The van der Waals surface area contributed by atoms with E-state index in [4.69, 9.17) is 9.97 Å². The third kappa shape index (κ3) is 6.46. The van der Waals surface area contributed by atoms with Crippen LogP contribution >= 0.6 is 0 Å². The van der Waals surface area contributed by atoms with Crippen LogP contribution in [0.3, 0.4) is 0 Å². The van der Waals surface area contributed by atoms with E-state index in [-0.39, 0.29) is 0 Å². The van der Waals surface area contributed by atoms with Crippen LogP contribution in [0.1, 0.15) is 18.2 Å². The Bertz CT molecular complexity index is 2430. The van der Waals surface area contributed by atoms with Gasteiger partial charge in [-0.2, -0.15) is 0 Å². The molecule has 8 rings (SSSR count). The van der Waals surface area contributed by atoms with Crippen LogP contribution in [0.25, 0.3) is 61.4 Å². The summed E-state index contributed by atoms with van der Waals surface area (Å²) in [4.78, 5) is 12.8. The fourth-order valence-electron chi connectivity index (χ4n) is 6.72. The van der Waals surface area contributed by atoms with Crippen LogP contribution in [0.2, 0.25) is 0 Å². The number of rotatable bonds is 8. The van der Waals surface area contributed by atoms with Crippen molar-refractivity contribution in [3.63, 3.8) is 0 Å². The topological polar surface area (TPSA) is 29.0 Å². The molecule has 0 fully saturated rings. The Kier molecular flexibility index (Phi) is 8.76. The fourth-order valence-corrected chi connectivity index (χ4v) is 6.72. The summed E-state index contributed by atoms with van der Waals surface area (Å²) in [6.45, 7) is 4.14. The lowest BCUT2D eigenvalue weighted by molar-refractivity contribution is 1.28. The first-order chi connectivity index (χ1) is 25.2. The molecule has 3 heteroatoms. The minimum absolute atomic E-state index is 0.920. The zero-order chi connectivity index (χ0) is 34.6. The minimum atomic E-state index is 0.920. The van der Waals surface area contributed by atoms with Crippen molar-refractivity contribution in [2.75, 3.05) is 4.90 Å². The van der Waals surface area contributed by atoms with Gasteiger partial charge >= 0.3 is 0 Å². The van der Waals surface area contributed by atoms with E-state index in [2.05, 4.69) is 176 Å². The first kappa shape index (κ1) is 31.7. The Morgan fingerprint density at radius 1 is 0.471 bits per heavy atom. The summed E-state index contributed by atoms with van der Waals surface area (Å²) < 4.78 is 0. The summed E-state index contributed by atoms with van der Waals surface area (Å²) >= 11 is 0. The summed E-state index contributed by atoms with van der Waals surface area (Å²) in [7, 11) is 0. The molecule has 0 radical (unpaired) electrons. The Morgan fingerprint density at radius 2 is 1.04 bits per heavy atom. The number of hydrogen-bond acceptors (Lipinski definition) is 3. The highest BCUT2D eigenvalue weighted by molar-refractivity contribution is 6.09. The van der Waals surface area contributed by atoms with E-state index in [9.17, 15) is 0 Å². The summed E-state index contributed by atoms with van der Waals surface area (Å²) in [5, 5.41) is 2.09. The lowest BCUT2D eigenvalue weighted by Crippen LogP contribution is -2.10. The highest BCUT2D eigenvalue weighted by Crippen LogP contribution is 2.40. The maximum atomic E-state index is 5.27. The van der Waals surface area contributed by atoms with Crippen LogP contribution in [0, 0.1) is 6.92 Å². The predicted octanol–water partition coefficient (Wildman–Crippen LogP) is 13.2. The van der Waals surface area contributed by atoms with Crippen molar-refractivity contribution >= 4 is 44.9 Å². The van der Waals surface area contributed by atoms with Crippen molar-refractivity contribution in [1.82, 2.24) is 9.97 Å². The van der Waals surface area contributed by atoms with Crippen LogP contribution in [0.5, 0.6) is 0 Å². The first-order valence-electron chi connectivity index (χ1n) is 17.4. The van der Waals surface area contributed by atoms with Gasteiger partial charge in [-0.3, -0.25) is 0 Å². The normalized spacial score (nSPS) is 11.6.